The quantitative estimate of drug-likeness (QED) is 0.351. The first-order valence-electron chi connectivity index (χ1n) is 12.2. The Morgan fingerprint density at radius 2 is 1.53 bits per heavy atom. The highest BCUT2D eigenvalue weighted by molar-refractivity contribution is 5.84. The van der Waals surface area contributed by atoms with Gasteiger partial charge in [-0.05, 0) is 85.6 Å². The lowest BCUT2D eigenvalue weighted by Crippen LogP contribution is -2.46. The minimum Gasteiger partial charge on any atom is -0.490 e. The number of hydrogen-bond acceptors (Lipinski definition) is 5. The van der Waals surface area contributed by atoms with Crippen molar-refractivity contribution in [1.29, 1.82) is 0 Å². The SMILES string of the molecule is OC(COc1cccc2ncccc12)CN1CCC(N(c2ccc(F)cc2)c2ccc(F)cc2)CC1. The van der Waals surface area contributed by atoms with Gasteiger partial charge in [0, 0.05) is 48.6 Å². The number of β-amino-alcohol motifs (C(OH)–C–C–N with tert-alkyl or cyclic N) is 1. The third-order valence-electron chi connectivity index (χ3n) is 6.64. The van der Waals surface area contributed by atoms with Crippen LogP contribution in [-0.4, -0.2) is 53.4 Å². The van der Waals surface area contributed by atoms with E-state index in [1.807, 2.05) is 30.3 Å². The maximum absolute atomic E-state index is 13.6. The van der Waals surface area contributed by atoms with E-state index >= 15 is 0 Å². The summed E-state index contributed by atoms with van der Waals surface area (Å²) in [7, 11) is 0. The van der Waals surface area contributed by atoms with E-state index in [0.29, 0.717) is 12.3 Å². The Bertz CT molecular complexity index is 1230. The molecule has 5 rings (SSSR count). The Kier molecular flexibility index (Phi) is 7.39. The van der Waals surface area contributed by atoms with Crippen LogP contribution in [-0.2, 0) is 0 Å². The summed E-state index contributed by atoms with van der Waals surface area (Å²) in [6.45, 7) is 2.33. The average Bonchev–Trinajstić information content (AvgIpc) is 2.91. The minimum absolute atomic E-state index is 0.175. The van der Waals surface area contributed by atoms with Crippen molar-refractivity contribution in [1.82, 2.24) is 9.88 Å². The van der Waals surface area contributed by atoms with E-state index in [9.17, 15) is 13.9 Å². The number of ether oxygens (including phenoxy) is 1. The van der Waals surface area contributed by atoms with Gasteiger partial charge in [-0.15, -0.1) is 0 Å². The molecule has 1 atom stereocenters. The van der Waals surface area contributed by atoms with Crippen molar-refractivity contribution in [2.45, 2.75) is 25.0 Å². The first-order valence-corrected chi connectivity index (χ1v) is 12.2. The first-order chi connectivity index (χ1) is 17.6. The highest BCUT2D eigenvalue weighted by Gasteiger charge is 2.27. The van der Waals surface area contributed by atoms with Crippen LogP contribution in [0.1, 0.15) is 12.8 Å². The molecule has 0 bridgehead atoms. The Labute approximate surface area is 209 Å². The number of nitrogens with zero attached hydrogens (tertiary/aromatic N) is 3. The molecule has 4 aromatic rings. The molecule has 0 spiro atoms. The second kappa shape index (κ2) is 11.0. The summed E-state index contributed by atoms with van der Waals surface area (Å²) in [5.74, 6) is 0.139. The van der Waals surface area contributed by atoms with E-state index in [2.05, 4.69) is 14.8 Å². The molecule has 1 N–H and O–H groups in total. The zero-order chi connectivity index (χ0) is 24.9. The van der Waals surface area contributed by atoms with Crippen molar-refractivity contribution in [3.05, 3.63) is 96.7 Å². The number of hydrogen-bond donors (Lipinski definition) is 1. The van der Waals surface area contributed by atoms with Crippen LogP contribution in [0.3, 0.4) is 0 Å². The first kappa shape index (κ1) is 24.2. The zero-order valence-electron chi connectivity index (χ0n) is 19.9. The normalized spacial score (nSPS) is 15.6. The molecule has 5 nitrogen and oxygen atoms in total. The molecule has 1 aliphatic rings. The maximum Gasteiger partial charge on any atom is 0.128 e. The molecule has 7 heteroatoms. The fourth-order valence-electron chi connectivity index (χ4n) is 4.87. The van der Waals surface area contributed by atoms with Gasteiger partial charge in [0.05, 0.1) is 5.52 Å². The van der Waals surface area contributed by atoms with E-state index in [1.54, 1.807) is 30.5 Å². The summed E-state index contributed by atoms with van der Waals surface area (Å²) < 4.78 is 33.0. The largest absolute Gasteiger partial charge is 0.490 e. The topological polar surface area (TPSA) is 48.8 Å². The summed E-state index contributed by atoms with van der Waals surface area (Å²) in [6.07, 6.45) is 2.84. The molecule has 0 amide bonds. The summed E-state index contributed by atoms with van der Waals surface area (Å²) in [6, 6.07) is 22.6. The smallest absolute Gasteiger partial charge is 0.128 e. The van der Waals surface area contributed by atoms with Crippen molar-refractivity contribution in [2.75, 3.05) is 31.1 Å². The number of likely N-dealkylation sites (tertiary alicyclic amines) is 1. The third-order valence-corrected chi connectivity index (χ3v) is 6.64. The van der Waals surface area contributed by atoms with Gasteiger partial charge in [-0.25, -0.2) is 8.78 Å². The molecule has 0 saturated carbocycles. The van der Waals surface area contributed by atoms with E-state index in [4.69, 9.17) is 4.74 Å². The molecule has 1 saturated heterocycles. The van der Waals surface area contributed by atoms with Crippen molar-refractivity contribution >= 4 is 22.3 Å². The molecule has 1 aliphatic heterocycles. The number of aliphatic hydroxyl groups excluding tert-OH is 1. The van der Waals surface area contributed by atoms with Crippen LogP contribution in [0.5, 0.6) is 5.75 Å². The van der Waals surface area contributed by atoms with Crippen LogP contribution in [0.15, 0.2) is 85.1 Å². The maximum atomic E-state index is 13.6. The number of benzene rings is 3. The van der Waals surface area contributed by atoms with Crippen molar-refractivity contribution in [3.63, 3.8) is 0 Å². The fourth-order valence-corrected chi connectivity index (χ4v) is 4.87. The molecular weight excluding hydrogens is 460 g/mol. The van der Waals surface area contributed by atoms with Gasteiger partial charge in [-0.2, -0.15) is 0 Å². The number of aromatic nitrogens is 1. The van der Waals surface area contributed by atoms with Gasteiger partial charge >= 0.3 is 0 Å². The molecule has 2 heterocycles. The van der Waals surface area contributed by atoms with Crippen LogP contribution in [0.2, 0.25) is 0 Å². The van der Waals surface area contributed by atoms with E-state index in [1.165, 1.54) is 24.3 Å². The van der Waals surface area contributed by atoms with Crippen molar-refractivity contribution in [3.8, 4) is 5.75 Å². The van der Waals surface area contributed by atoms with Crippen LogP contribution < -0.4 is 9.64 Å². The Morgan fingerprint density at radius 3 is 2.17 bits per heavy atom. The van der Waals surface area contributed by atoms with Crippen LogP contribution >= 0.6 is 0 Å². The summed E-state index contributed by atoms with van der Waals surface area (Å²) in [5.41, 5.74) is 2.61. The molecule has 0 radical (unpaired) electrons. The predicted octanol–water partition coefficient (Wildman–Crippen LogP) is 5.56. The number of anilines is 2. The van der Waals surface area contributed by atoms with Gasteiger partial charge in [-0.1, -0.05) is 6.07 Å². The highest BCUT2D eigenvalue weighted by Crippen LogP contribution is 2.32. The van der Waals surface area contributed by atoms with Crippen LogP contribution in [0, 0.1) is 11.6 Å². The zero-order valence-corrected chi connectivity index (χ0v) is 19.9. The number of rotatable bonds is 8. The lowest BCUT2D eigenvalue weighted by molar-refractivity contribution is 0.0602. The van der Waals surface area contributed by atoms with Gasteiger partial charge in [0.2, 0.25) is 0 Å². The molecule has 1 fully saturated rings. The second-order valence-corrected chi connectivity index (χ2v) is 9.15. The number of piperidine rings is 1. The number of fused-ring (bicyclic) bond motifs is 1. The fraction of sp³-hybridized carbons (Fsp3) is 0.276. The van der Waals surface area contributed by atoms with Crippen LogP contribution in [0.4, 0.5) is 20.2 Å². The van der Waals surface area contributed by atoms with Crippen LogP contribution in [0.25, 0.3) is 10.9 Å². The van der Waals surface area contributed by atoms with Gasteiger partial charge in [0.15, 0.2) is 0 Å². The lowest BCUT2D eigenvalue weighted by Gasteiger charge is -2.40. The highest BCUT2D eigenvalue weighted by atomic mass is 19.1. The summed E-state index contributed by atoms with van der Waals surface area (Å²) in [4.78, 5) is 8.74. The van der Waals surface area contributed by atoms with Gasteiger partial charge < -0.3 is 19.6 Å². The second-order valence-electron chi connectivity index (χ2n) is 9.15. The van der Waals surface area contributed by atoms with E-state index in [0.717, 1.165) is 48.2 Å². The molecule has 36 heavy (non-hydrogen) atoms. The molecule has 1 aromatic heterocycles. The molecule has 1 unspecified atom stereocenters. The number of aliphatic hydroxyl groups is 1. The number of pyridine rings is 1. The van der Waals surface area contributed by atoms with Gasteiger partial charge in [0.1, 0.15) is 30.1 Å². The standard InChI is InChI=1S/C29H29F2N3O2/c30-21-6-10-23(11-7-21)34(24-12-8-22(31)9-13-24)25-14-17-33(18-15-25)19-26(35)20-36-29-5-1-4-28-27(29)3-2-16-32-28/h1-13,16,25-26,35H,14-15,17-20H2. The Morgan fingerprint density at radius 1 is 0.889 bits per heavy atom. The Balaban J connectivity index is 1.19. The molecule has 3 aromatic carbocycles. The predicted molar refractivity (Wildman–Crippen MR) is 138 cm³/mol. The minimum atomic E-state index is -0.626. The van der Waals surface area contributed by atoms with E-state index < -0.39 is 6.10 Å². The van der Waals surface area contributed by atoms with Crippen molar-refractivity contribution < 1.29 is 18.6 Å². The molecule has 186 valence electrons. The Hall–Kier alpha value is -3.55. The average molecular weight is 490 g/mol. The van der Waals surface area contributed by atoms with Crippen molar-refractivity contribution in [2.24, 2.45) is 0 Å². The number of halogens is 2. The lowest BCUT2D eigenvalue weighted by atomic mass is 10.0. The molecule has 0 aliphatic carbocycles. The third kappa shape index (κ3) is 5.64. The van der Waals surface area contributed by atoms with Gasteiger partial charge in [0.25, 0.3) is 0 Å². The van der Waals surface area contributed by atoms with Gasteiger partial charge in [-0.3, -0.25) is 4.98 Å². The molecular formula is C29H29F2N3O2. The van der Waals surface area contributed by atoms with E-state index in [-0.39, 0.29) is 24.3 Å². The monoisotopic (exact) mass is 489 g/mol. The summed E-state index contributed by atoms with van der Waals surface area (Å²) >= 11 is 0. The summed E-state index contributed by atoms with van der Waals surface area (Å²) in [5, 5.41) is 11.6.